The first-order valence-electron chi connectivity index (χ1n) is 4.55. The fraction of sp³-hybridized carbons (Fsp3) is 0. The monoisotopic (exact) mass is 235 g/mol. The first-order chi connectivity index (χ1) is 8.27. The van der Waals surface area contributed by atoms with Crippen LogP contribution in [0.5, 0.6) is 0 Å². The minimum Gasteiger partial charge on any atom is -0.343 e. The van der Waals surface area contributed by atoms with E-state index in [1.807, 2.05) is 0 Å². The van der Waals surface area contributed by atoms with Crippen LogP contribution < -0.4 is 10.5 Å². The van der Waals surface area contributed by atoms with Gasteiger partial charge in [-0.25, -0.2) is 5.48 Å². The zero-order chi connectivity index (χ0) is 11.8. The molecule has 1 aliphatic rings. The maximum Gasteiger partial charge on any atom is 0.297 e. The Balaban J connectivity index is 2.15. The Morgan fingerprint density at radius 3 is 3.06 bits per heavy atom. The van der Waals surface area contributed by atoms with Gasteiger partial charge in [0.25, 0.3) is 5.69 Å². The van der Waals surface area contributed by atoms with E-state index in [-0.39, 0.29) is 17.2 Å². The number of aromatic nitrogens is 2. The fourth-order valence-electron chi connectivity index (χ4n) is 1.52. The predicted molar refractivity (Wildman–Crippen MR) is 54.2 cm³/mol. The van der Waals surface area contributed by atoms with Crippen LogP contribution in [0.25, 0.3) is 0 Å². The van der Waals surface area contributed by atoms with Gasteiger partial charge in [-0.3, -0.25) is 10.1 Å². The van der Waals surface area contributed by atoms with Crippen molar-refractivity contribution in [3.63, 3.8) is 0 Å². The SMILES string of the molecule is O=[N+]([O-])c1cccc2c1N(c1conn1)ON2. The highest BCUT2D eigenvalue weighted by atomic mass is 16.8. The summed E-state index contributed by atoms with van der Waals surface area (Å²) in [4.78, 5) is 15.5. The molecule has 3 rings (SSSR count). The Morgan fingerprint density at radius 2 is 2.35 bits per heavy atom. The van der Waals surface area contributed by atoms with Gasteiger partial charge in [-0.05, 0) is 6.07 Å². The lowest BCUT2D eigenvalue weighted by Crippen LogP contribution is -2.14. The highest BCUT2D eigenvalue weighted by Crippen LogP contribution is 2.43. The van der Waals surface area contributed by atoms with Crippen molar-refractivity contribution in [1.29, 1.82) is 0 Å². The molecule has 0 amide bonds. The number of rotatable bonds is 2. The molecular weight excluding hydrogens is 230 g/mol. The van der Waals surface area contributed by atoms with Gasteiger partial charge in [0.15, 0.2) is 12.0 Å². The summed E-state index contributed by atoms with van der Waals surface area (Å²) in [7, 11) is 0. The van der Waals surface area contributed by atoms with E-state index in [9.17, 15) is 10.1 Å². The zero-order valence-corrected chi connectivity index (χ0v) is 8.23. The van der Waals surface area contributed by atoms with E-state index in [2.05, 4.69) is 20.4 Å². The number of nitro benzene ring substituents is 1. The van der Waals surface area contributed by atoms with E-state index < -0.39 is 4.92 Å². The minimum atomic E-state index is -0.504. The molecule has 1 aromatic carbocycles. The van der Waals surface area contributed by atoms with Crippen molar-refractivity contribution in [3.05, 3.63) is 34.6 Å². The molecule has 0 radical (unpaired) electrons. The molecule has 0 aliphatic carbocycles. The van der Waals surface area contributed by atoms with E-state index >= 15 is 0 Å². The molecule has 9 nitrogen and oxygen atoms in total. The molecule has 17 heavy (non-hydrogen) atoms. The summed E-state index contributed by atoms with van der Waals surface area (Å²) in [5, 5.41) is 18.9. The smallest absolute Gasteiger partial charge is 0.297 e. The van der Waals surface area contributed by atoms with E-state index in [1.165, 1.54) is 12.3 Å². The Morgan fingerprint density at radius 1 is 1.47 bits per heavy atom. The number of nitro groups is 1. The highest BCUT2D eigenvalue weighted by molar-refractivity contribution is 5.83. The highest BCUT2D eigenvalue weighted by Gasteiger charge is 2.32. The molecule has 0 saturated carbocycles. The van der Waals surface area contributed by atoms with Gasteiger partial charge in [0, 0.05) is 11.3 Å². The van der Waals surface area contributed by atoms with Crippen molar-refractivity contribution < 1.29 is 14.4 Å². The second-order valence-electron chi connectivity index (χ2n) is 3.18. The van der Waals surface area contributed by atoms with Crippen LogP contribution in [-0.2, 0) is 4.94 Å². The van der Waals surface area contributed by atoms with Crippen LogP contribution in [0.2, 0.25) is 0 Å². The molecule has 86 valence electrons. The quantitative estimate of drug-likeness (QED) is 0.614. The summed E-state index contributed by atoms with van der Waals surface area (Å²) >= 11 is 0. The van der Waals surface area contributed by atoms with Gasteiger partial charge in [0.05, 0.1) is 10.6 Å². The number of para-hydroxylation sites is 1. The summed E-state index contributed by atoms with van der Waals surface area (Å²) in [5.41, 5.74) is 3.18. The lowest BCUT2D eigenvalue weighted by atomic mass is 10.2. The summed E-state index contributed by atoms with van der Waals surface area (Å²) < 4.78 is 4.56. The average molecular weight is 235 g/mol. The number of benzene rings is 1. The van der Waals surface area contributed by atoms with Crippen LogP contribution >= 0.6 is 0 Å². The van der Waals surface area contributed by atoms with Crippen LogP contribution in [0.4, 0.5) is 22.9 Å². The third-order valence-electron chi connectivity index (χ3n) is 2.22. The molecule has 9 heteroatoms. The van der Waals surface area contributed by atoms with Gasteiger partial charge in [-0.2, -0.15) is 5.06 Å². The summed E-state index contributed by atoms with van der Waals surface area (Å²) in [5.74, 6) is 0.213. The molecule has 2 heterocycles. The molecule has 0 unspecified atom stereocenters. The molecule has 0 spiro atoms. The van der Waals surface area contributed by atoms with Crippen LogP contribution in [-0.4, -0.2) is 15.3 Å². The molecule has 0 saturated heterocycles. The summed E-state index contributed by atoms with van der Waals surface area (Å²) in [6.45, 7) is 0. The van der Waals surface area contributed by atoms with Crippen molar-refractivity contribution in [2.45, 2.75) is 0 Å². The molecule has 0 bridgehead atoms. The van der Waals surface area contributed by atoms with Crippen molar-refractivity contribution in [3.8, 4) is 0 Å². The number of hydrogen-bond acceptors (Lipinski definition) is 8. The van der Waals surface area contributed by atoms with E-state index in [4.69, 9.17) is 4.94 Å². The van der Waals surface area contributed by atoms with E-state index in [1.54, 1.807) is 12.1 Å². The van der Waals surface area contributed by atoms with Crippen LogP contribution in [0.1, 0.15) is 0 Å². The van der Waals surface area contributed by atoms with Crippen molar-refractivity contribution in [2.75, 3.05) is 10.5 Å². The molecule has 1 N–H and O–H groups in total. The number of nitrogens with one attached hydrogen (secondary N) is 1. The maximum atomic E-state index is 10.9. The number of fused-ring (bicyclic) bond motifs is 1. The molecular formula is C8H5N5O4. The van der Waals surface area contributed by atoms with Gasteiger partial charge in [0.1, 0.15) is 0 Å². The van der Waals surface area contributed by atoms with Crippen molar-refractivity contribution in [2.24, 2.45) is 0 Å². The van der Waals surface area contributed by atoms with Gasteiger partial charge < -0.3 is 4.52 Å². The van der Waals surface area contributed by atoms with Gasteiger partial charge in [-0.15, -0.1) is 4.94 Å². The minimum absolute atomic E-state index is 0.101. The van der Waals surface area contributed by atoms with Crippen LogP contribution in [0, 0.1) is 10.1 Å². The van der Waals surface area contributed by atoms with Crippen LogP contribution in [0.3, 0.4) is 0 Å². The van der Waals surface area contributed by atoms with E-state index in [0.717, 1.165) is 5.06 Å². The first-order valence-corrected chi connectivity index (χ1v) is 4.55. The van der Waals surface area contributed by atoms with Gasteiger partial charge in [-0.1, -0.05) is 11.2 Å². The summed E-state index contributed by atoms with van der Waals surface area (Å²) in [6.07, 6.45) is 1.22. The number of nitrogens with zero attached hydrogens (tertiary/aromatic N) is 4. The number of anilines is 3. The lowest BCUT2D eigenvalue weighted by Gasteiger charge is -2.09. The normalized spacial score (nSPS) is 13.3. The molecule has 1 aromatic heterocycles. The second-order valence-corrected chi connectivity index (χ2v) is 3.18. The first kappa shape index (κ1) is 9.54. The van der Waals surface area contributed by atoms with Gasteiger partial charge >= 0.3 is 0 Å². The summed E-state index contributed by atoms with van der Waals surface area (Å²) in [6, 6.07) is 4.57. The predicted octanol–water partition coefficient (Wildman–Crippen LogP) is 1.39. The molecule has 2 aromatic rings. The Labute approximate surface area is 93.6 Å². The Kier molecular flexibility index (Phi) is 1.92. The fourth-order valence-corrected chi connectivity index (χ4v) is 1.52. The Hall–Kier alpha value is -2.68. The number of hydrogen-bond donors (Lipinski definition) is 1. The van der Waals surface area contributed by atoms with E-state index in [0.29, 0.717) is 5.69 Å². The zero-order valence-electron chi connectivity index (χ0n) is 8.23. The molecule has 1 aliphatic heterocycles. The van der Waals surface area contributed by atoms with Crippen LogP contribution in [0.15, 0.2) is 29.0 Å². The van der Waals surface area contributed by atoms with Crippen molar-refractivity contribution in [1.82, 2.24) is 10.4 Å². The third-order valence-corrected chi connectivity index (χ3v) is 2.22. The Bertz CT molecular complexity index is 569. The average Bonchev–Trinajstić information content (AvgIpc) is 2.96. The maximum absolute atomic E-state index is 10.9. The van der Waals surface area contributed by atoms with Gasteiger partial charge in [0.2, 0.25) is 5.82 Å². The lowest BCUT2D eigenvalue weighted by molar-refractivity contribution is -0.384. The molecule has 0 atom stereocenters. The van der Waals surface area contributed by atoms with Crippen molar-refractivity contribution >= 4 is 22.9 Å². The second kappa shape index (κ2) is 3.42. The topological polar surface area (TPSA) is 107 Å². The molecule has 0 fully saturated rings. The third kappa shape index (κ3) is 1.37. The standard InChI is InChI=1S/C8H5N5O4/c14-13(15)6-3-1-2-5-8(6)12(17-10-5)7-4-16-11-9-7/h1-4,10H. The largest absolute Gasteiger partial charge is 0.343 e.